The van der Waals surface area contributed by atoms with Crippen LogP contribution < -0.4 is 0 Å². The average molecular weight is 271 g/mol. The third kappa shape index (κ3) is 6.42. The minimum absolute atomic E-state index is 0. The molecule has 0 spiro atoms. The molecule has 0 unspecified atom stereocenters. The van der Waals surface area contributed by atoms with Crippen LogP contribution in [0.1, 0.15) is 5.56 Å². The standard InChI is InChI=1S/C14H20NO2.ClH/c1-4-14(16)17-11-10-15(2,3)12-13-8-6-5-7-9-13;/h4-9H,1,10-12H2,2-3H3;1H/q+1;. The summed E-state index contributed by atoms with van der Waals surface area (Å²) < 4.78 is 5.78. The van der Waals surface area contributed by atoms with Crippen LogP contribution in [0.4, 0.5) is 0 Å². The first kappa shape index (κ1) is 16.7. The van der Waals surface area contributed by atoms with Crippen LogP contribution in [0.3, 0.4) is 0 Å². The highest BCUT2D eigenvalue weighted by atomic mass is 35.5. The smallest absolute Gasteiger partial charge is 0.330 e. The zero-order valence-electron chi connectivity index (χ0n) is 11.0. The number of rotatable bonds is 6. The maximum absolute atomic E-state index is 10.9. The molecule has 0 bridgehead atoms. The fourth-order valence-electron chi connectivity index (χ4n) is 1.61. The van der Waals surface area contributed by atoms with E-state index >= 15 is 0 Å². The van der Waals surface area contributed by atoms with Gasteiger partial charge in [0.15, 0.2) is 0 Å². The minimum Gasteiger partial charge on any atom is -0.457 e. The molecule has 0 saturated carbocycles. The van der Waals surface area contributed by atoms with Crippen molar-refractivity contribution in [3.8, 4) is 0 Å². The summed E-state index contributed by atoms with van der Waals surface area (Å²) >= 11 is 0. The van der Waals surface area contributed by atoms with Crippen molar-refractivity contribution in [2.45, 2.75) is 6.54 Å². The highest BCUT2D eigenvalue weighted by Crippen LogP contribution is 2.08. The molecule has 0 fully saturated rings. The summed E-state index contributed by atoms with van der Waals surface area (Å²) in [6.07, 6.45) is 1.19. The van der Waals surface area contributed by atoms with Gasteiger partial charge in [-0.2, -0.15) is 0 Å². The Bertz CT molecular complexity index is 377. The number of benzene rings is 1. The summed E-state index contributed by atoms with van der Waals surface area (Å²) in [5.41, 5.74) is 1.28. The zero-order chi connectivity index (χ0) is 12.7. The Morgan fingerprint density at radius 3 is 2.50 bits per heavy atom. The van der Waals surface area contributed by atoms with Gasteiger partial charge in [0.1, 0.15) is 19.7 Å². The van der Waals surface area contributed by atoms with Gasteiger partial charge in [-0.15, -0.1) is 12.4 Å². The molecule has 0 N–H and O–H groups in total. The summed E-state index contributed by atoms with van der Waals surface area (Å²) in [5.74, 6) is -0.357. The van der Waals surface area contributed by atoms with Crippen molar-refractivity contribution in [2.75, 3.05) is 27.2 Å². The first-order chi connectivity index (χ1) is 8.03. The lowest BCUT2D eigenvalue weighted by molar-refractivity contribution is -0.903. The van der Waals surface area contributed by atoms with Gasteiger partial charge >= 0.3 is 5.97 Å². The van der Waals surface area contributed by atoms with Gasteiger partial charge in [0.25, 0.3) is 0 Å². The molecule has 0 aliphatic rings. The second-order valence-electron chi connectivity index (χ2n) is 4.67. The number of esters is 1. The summed E-state index contributed by atoms with van der Waals surface area (Å²) in [5, 5.41) is 0. The van der Waals surface area contributed by atoms with E-state index in [9.17, 15) is 4.79 Å². The van der Waals surface area contributed by atoms with Crippen LogP contribution in [0.25, 0.3) is 0 Å². The van der Waals surface area contributed by atoms with Crippen molar-refractivity contribution in [2.24, 2.45) is 0 Å². The maximum Gasteiger partial charge on any atom is 0.330 e. The summed E-state index contributed by atoms with van der Waals surface area (Å²) in [6, 6.07) is 10.3. The Morgan fingerprint density at radius 1 is 1.33 bits per heavy atom. The lowest BCUT2D eigenvalue weighted by Crippen LogP contribution is -2.41. The molecule has 100 valence electrons. The van der Waals surface area contributed by atoms with E-state index in [-0.39, 0.29) is 18.4 Å². The van der Waals surface area contributed by atoms with Crippen molar-refractivity contribution in [3.63, 3.8) is 0 Å². The fourth-order valence-corrected chi connectivity index (χ4v) is 1.61. The van der Waals surface area contributed by atoms with E-state index in [1.54, 1.807) is 0 Å². The first-order valence-corrected chi connectivity index (χ1v) is 5.68. The highest BCUT2D eigenvalue weighted by Gasteiger charge is 2.16. The normalized spacial score (nSPS) is 10.3. The van der Waals surface area contributed by atoms with Crippen LogP contribution in [0.2, 0.25) is 0 Å². The molecule has 18 heavy (non-hydrogen) atoms. The second kappa shape index (κ2) is 7.90. The Balaban J connectivity index is 0.00000289. The number of hydrogen-bond acceptors (Lipinski definition) is 2. The monoisotopic (exact) mass is 270 g/mol. The molecule has 0 heterocycles. The average Bonchev–Trinajstić information content (AvgIpc) is 2.29. The van der Waals surface area contributed by atoms with E-state index in [2.05, 4.69) is 32.8 Å². The minimum atomic E-state index is -0.357. The fraction of sp³-hybridized carbons (Fsp3) is 0.357. The number of ether oxygens (including phenoxy) is 1. The number of carbonyl (C=O) groups is 1. The number of nitrogens with zero attached hydrogens (tertiary/aromatic N) is 1. The van der Waals surface area contributed by atoms with E-state index in [1.165, 1.54) is 11.6 Å². The Morgan fingerprint density at radius 2 is 1.94 bits per heavy atom. The molecule has 0 radical (unpaired) electrons. The molecule has 0 saturated heterocycles. The highest BCUT2D eigenvalue weighted by molar-refractivity contribution is 5.85. The molecule has 3 nitrogen and oxygen atoms in total. The maximum atomic E-state index is 10.9. The predicted octanol–water partition coefficient (Wildman–Crippen LogP) is 2.41. The van der Waals surface area contributed by atoms with E-state index in [0.717, 1.165) is 17.6 Å². The molecule has 1 aromatic carbocycles. The van der Waals surface area contributed by atoms with Gasteiger partial charge in [-0.3, -0.25) is 0 Å². The molecule has 4 heteroatoms. The largest absolute Gasteiger partial charge is 0.457 e. The van der Waals surface area contributed by atoms with Crippen LogP contribution in [0, 0.1) is 0 Å². The quantitative estimate of drug-likeness (QED) is 0.451. The second-order valence-corrected chi connectivity index (χ2v) is 4.67. The molecule has 0 aromatic heterocycles. The predicted molar refractivity (Wildman–Crippen MR) is 75.5 cm³/mol. The number of halogens is 1. The van der Waals surface area contributed by atoms with Crippen molar-refractivity contribution in [3.05, 3.63) is 48.6 Å². The van der Waals surface area contributed by atoms with Crippen molar-refractivity contribution < 1.29 is 14.0 Å². The molecular weight excluding hydrogens is 250 g/mol. The SMILES string of the molecule is C=CC(=O)OCC[N+](C)(C)Cc1ccccc1.Cl. The number of likely N-dealkylation sites (N-methyl/N-ethyl adjacent to an activating group) is 1. The van der Waals surface area contributed by atoms with E-state index in [4.69, 9.17) is 4.74 Å². The number of quaternary nitrogens is 1. The topological polar surface area (TPSA) is 26.3 Å². The lowest BCUT2D eigenvalue weighted by atomic mass is 10.2. The Kier molecular flexibility index (Phi) is 7.32. The van der Waals surface area contributed by atoms with Gasteiger partial charge < -0.3 is 9.22 Å². The van der Waals surface area contributed by atoms with Crippen molar-refractivity contribution >= 4 is 18.4 Å². The van der Waals surface area contributed by atoms with Crippen LogP contribution in [0.15, 0.2) is 43.0 Å². The molecule has 1 aromatic rings. The number of hydrogen-bond donors (Lipinski definition) is 0. The van der Waals surface area contributed by atoms with Gasteiger partial charge in [0.05, 0.1) is 14.1 Å². The van der Waals surface area contributed by atoms with E-state index < -0.39 is 0 Å². The molecule has 0 aliphatic carbocycles. The summed E-state index contributed by atoms with van der Waals surface area (Å²) in [4.78, 5) is 10.9. The third-order valence-electron chi connectivity index (χ3n) is 2.56. The Hall–Kier alpha value is -1.32. The first-order valence-electron chi connectivity index (χ1n) is 5.68. The van der Waals surface area contributed by atoms with Gasteiger partial charge in [-0.1, -0.05) is 36.9 Å². The summed E-state index contributed by atoms with van der Waals surface area (Å²) in [7, 11) is 4.24. The Labute approximate surface area is 115 Å². The van der Waals surface area contributed by atoms with Crippen LogP contribution in [-0.4, -0.2) is 37.7 Å². The molecule has 1 rings (SSSR count). The molecule has 0 aliphatic heterocycles. The molecular formula is C14H21ClNO2+. The molecule has 0 atom stereocenters. The molecule has 0 amide bonds. The van der Waals surface area contributed by atoms with Crippen LogP contribution in [-0.2, 0) is 16.1 Å². The number of carbonyl (C=O) groups excluding carboxylic acids is 1. The van der Waals surface area contributed by atoms with Crippen LogP contribution >= 0.6 is 12.4 Å². The van der Waals surface area contributed by atoms with E-state index in [0.29, 0.717) is 6.61 Å². The zero-order valence-corrected chi connectivity index (χ0v) is 11.8. The van der Waals surface area contributed by atoms with Gasteiger partial charge in [0, 0.05) is 11.6 Å². The van der Waals surface area contributed by atoms with Gasteiger partial charge in [-0.05, 0) is 0 Å². The third-order valence-corrected chi connectivity index (χ3v) is 2.56. The van der Waals surface area contributed by atoms with Crippen molar-refractivity contribution in [1.29, 1.82) is 0 Å². The van der Waals surface area contributed by atoms with Gasteiger partial charge in [0.2, 0.25) is 0 Å². The van der Waals surface area contributed by atoms with Crippen LogP contribution in [0.5, 0.6) is 0 Å². The van der Waals surface area contributed by atoms with E-state index in [1.807, 2.05) is 18.2 Å². The summed E-state index contributed by atoms with van der Waals surface area (Å²) in [6.45, 7) is 5.49. The van der Waals surface area contributed by atoms with Gasteiger partial charge in [-0.25, -0.2) is 4.79 Å². The lowest BCUT2D eigenvalue weighted by Gasteiger charge is -2.29. The van der Waals surface area contributed by atoms with Crippen molar-refractivity contribution in [1.82, 2.24) is 0 Å².